The Morgan fingerprint density at radius 2 is 1.74 bits per heavy atom. The van der Waals surface area contributed by atoms with Gasteiger partial charge in [0.15, 0.2) is 0 Å². The van der Waals surface area contributed by atoms with Crippen LogP contribution in [0.1, 0.15) is 29.1 Å². The standard InChI is InChI=1S/C24H23N3O3S/c1-4-29-19-12-8-16(9-13-19)20-15(3)31-23-21(20)22(25-14-26-23)27-18-10-6-17(7-11-18)24(28)30-5-2/h6-14H,4-5H2,1-3H3,(H,25,26,27). The maximum atomic E-state index is 11.9. The molecular weight excluding hydrogens is 410 g/mol. The molecule has 0 aliphatic rings. The molecule has 4 aromatic rings. The van der Waals surface area contributed by atoms with Crippen molar-refractivity contribution in [1.29, 1.82) is 0 Å². The Kier molecular flexibility index (Phi) is 6.13. The SMILES string of the molecule is CCOC(=O)c1ccc(Nc2ncnc3sc(C)c(-c4ccc(OCC)cc4)c23)cc1. The van der Waals surface area contributed by atoms with Crippen LogP contribution < -0.4 is 10.1 Å². The molecule has 2 heterocycles. The molecular formula is C24H23N3O3S. The highest BCUT2D eigenvalue weighted by atomic mass is 32.1. The van der Waals surface area contributed by atoms with Crippen LogP contribution in [0.15, 0.2) is 54.9 Å². The summed E-state index contributed by atoms with van der Waals surface area (Å²) in [5.41, 5.74) is 3.54. The molecule has 0 saturated carbocycles. The maximum absolute atomic E-state index is 11.9. The normalized spacial score (nSPS) is 10.8. The monoisotopic (exact) mass is 433 g/mol. The number of nitrogens with one attached hydrogen (secondary N) is 1. The van der Waals surface area contributed by atoms with E-state index in [4.69, 9.17) is 9.47 Å². The van der Waals surface area contributed by atoms with Crippen LogP contribution in [0.25, 0.3) is 21.3 Å². The number of fused-ring (bicyclic) bond motifs is 1. The molecule has 0 bridgehead atoms. The summed E-state index contributed by atoms with van der Waals surface area (Å²) >= 11 is 1.64. The smallest absolute Gasteiger partial charge is 0.338 e. The predicted octanol–water partition coefficient (Wildman–Crippen LogP) is 5.99. The summed E-state index contributed by atoms with van der Waals surface area (Å²) < 4.78 is 10.6. The number of hydrogen-bond acceptors (Lipinski definition) is 7. The van der Waals surface area contributed by atoms with E-state index in [1.165, 1.54) is 4.88 Å². The number of benzene rings is 2. The number of carbonyl (C=O) groups is 1. The number of carbonyl (C=O) groups excluding carboxylic acids is 1. The molecule has 0 radical (unpaired) electrons. The van der Waals surface area contributed by atoms with Crippen molar-refractivity contribution in [1.82, 2.24) is 9.97 Å². The lowest BCUT2D eigenvalue weighted by Crippen LogP contribution is -2.04. The molecule has 2 aromatic heterocycles. The van der Waals surface area contributed by atoms with Crippen LogP contribution in [0, 0.1) is 6.92 Å². The van der Waals surface area contributed by atoms with Gasteiger partial charge in [0.1, 0.15) is 22.7 Å². The van der Waals surface area contributed by atoms with Gasteiger partial charge in [0, 0.05) is 16.1 Å². The number of aromatic nitrogens is 2. The lowest BCUT2D eigenvalue weighted by atomic mass is 10.0. The second-order valence-corrected chi connectivity index (χ2v) is 8.02. The lowest BCUT2D eigenvalue weighted by Gasteiger charge is -2.10. The number of esters is 1. The second kappa shape index (κ2) is 9.14. The molecule has 7 heteroatoms. The Labute approximate surface area is 184 Å². The average Bonchev–Trinajstić information content (AvgIpc) is 3.12. The van der Waals surface area contributed by atoms with Crippen molar-refractivity contribution in [3.63, 3.8) is 0 Å². The quantitative estimate of drug-likeness (QED) is 0.361. The molecule has 0 amide bonds. The summed E-state index contributed by atoms with van der Waals surface area (Å²) in [6.45, 7) is 6.84. The van der Waals surface area contributed by atoms with E-state index < -0.39 is 0 Å². The molecule has 0 atom stereocenters. The van der Waals surface area contributed by atoms with Crippen LogP contribution in [0.2, 0.25) is 0 Å². The van der Waals surface area contributed by atoms with Crippen molar-refractivity contribution in [2.45, 2.75) is 20.8 Å². The van der Waals surface area contributed by atoms with Gasteiger partial charge in [-0.2, -0.15) is 0 Å². The first kappa shape index (κ1) is 20.8. The highest BCUT2D eigenvalue weighted by molar-refractivity contribution is 7.19. The van der Waals surface area contributed by atoms with Gasteiger partial charge < -0.3 is 14.8 Å². The molecule has 31 heavy (non-hydrogen) atoms. The van der Waals surface area contributed by atoms with Gasteiger partial charge in [0.25, 0.3) is 0 Å². The first-order valence-electron chi connectivity index (χ1n) is 10.1. The molecule has 0 aliphatic heterocycles. The van der Waals surface area contributed by atoms with Crippen LogP contribution in [-0.2, 0) is 4.74 Å². The first-order chi connectivity index (χ1) is 15.1. The lowest BCUT2D eigenvalue weighted by molar-refractivity contribution is 0.0526. The Bertz CT molecular complexity index is 1200. The molecule has 1 N–H and O–H groups in total. The zero-order valence-corrected chi connectivity index (χ0v) is 18.5. The largest absolute Gasteiger partial charge is 0.494 e. The Balaban J connectivity index is 1.70. The van der Waals surface area contributed by atoms with Gasteiger partial charge in [0.05, 0.1) is 24.2 Å². The molecule has 158 valence electrons. The van der Waals surface area contributed by atoms with E-state index in [2.05, 4.69) is 34.3 Å². The topological polar surface area (TPSA) is 73.3 Å². The van der Waals surface area contributed by atoms with Gasteiger partial charge in [-0.3, -0.25) is 0 Å². The molecule has 2 aromatic carbocycles. The zero-order chi connectivity index (χ0) is 21.8. The predicted molar refractivity (Wildman–Crippen MR) is 124 cm³/mol. The van der Waals surface area contributed by atoms with Gasteiger partial charge in [-0.25, -0.2) is 14.8 Å². The summed E-state index contributed by atoms with van der Waals surface area (Å²) in [4.78, 5) is 23.0. The highest BCUT2D eigenvalue weighted by Gasteiger charge is 2.17. The van der Waals surface area contributed by atoms with E-state index in [1.54, 1.807) is 36.7 Å². The number of aryl methyl sites for hydroxylation is 1. The van der Waals surface area contributed by atoms with Crippen LogP contribution in [0.4, 0.5) is 11.5 Å². The van der Waals surface area contributed by atoms with Crippen LogP contribution in [0.3, 0.4) is 0 Å². The van der Waals surface area contributed by atoms with E-state index in [0.717, 1.165) is 38.6 Å². The Hall–Kier alpha value is -3.45. The van der Waals surface area contributed by atoms with Crippen molar-refractivity contribution >= 4 is 39.0 Å². The van der Waals surface area contributed by atoms with Crippen LogP contribution in [0.5, 0.6) is 5.75 Å². The number of rotatable bonds is 7. The summed E-state index contributed by atoms with van der Waals surface area (Å²) in [5.74, 6) is 1.24. The number of anilines is 2. The number of thiophene rings is 1. The Morgan fingerprint density at radius 1 is 1.00 bits per heavy atom. The van der Waals surface area contributed by atoms with E-state index in [0.29, 0.717) is 18.8 Å². The van der Waals surface area contributed by atoms with Gasteiger partial charge >= 0.3 is 5.97 Å². The minimum absolute atomic E-state index is 0.329. The fourth-order valence-corrected chi connectivity index (χ4v) is 4.42. The minimum Gasteiger partial charge on any atom is -0.494 e. The van der Waals surface area contributed by atoms with Crippen LogP contribution in [-0.4, -0.2) is 29.2 Å². The third-order valence-electron chi connectivity index (χ3n) is 4.78. The van der Waals surface area contributed by atoms with E-state index in [9.17, 15) is 4.79 Å². The van der Waals surface area contributed by atoms with E-state index in [-0.39, 0.29) is 5.97 Å². The molecule has 4 rings (SSSR count). The molecule has 6 nitrogen and oxygen atoms in total. The fraction of sp³-hybridized carbons (Fsp3) is 0.208. The molecule has 0 saturated heterocycles. The summed E-state index contributed by atoms with van der Waals surface area (Å²) in [6.07, 6.45) is 1.57. The van der Waals surface area contributed by atoms with E-state index >= 15 is 0 Å². The molecule has 0 unspecified atom stereocenters. The highest BCUT2D eigenvalue weighted by Crippen LogP contribution is 2.41. The van der Waals surface area contributed by atoms with Gasteiger partial charge in [0.2, 0.25) is 0 Å². The van der Waals surface area contributed by atoms with Crippen molar-refractivity contribution in [2.24, 2.45) is 0 Å². The molecule has 0 aliphatic carbocycles. The summed E-state index contributed by atoms with van der Waals surface area (Å²) in [7, 11) is 0. The van der Waals surface area contributed by atoms with Crippen molar-refractivity contribution in [2.75, 3.05) is 18.5 Å². The average molecular weight is 434 g/mol. The fourth-order valence-electron chi connectivity index (χ4n) is 3.41. The third-order valence-corrected chi connectivity index (χ3v) is 5.79. The zero-order valence-electron chi connectivity index (χ0n) is 17.6. The maximum Gasteiger partial charge on any atom is 0.338 e. The van der Waals surface area contributed by atoms with Gasteiger partial charge in [-0.1, -0.05) is 12.1 Å². The number of hydrogen-bond donors (Lipinski definition) is 1. The Morgan fingerprint density at radius 3 is 2.42 bits per heavy atom. The summed E-state index contributed by atoms with van der Waals surface area (Å²) in [5, 5.41) is 4.35. The summed E-state index contributed by atoms with van der Waals surface area (Å²) in [6, 6.07) is 15.2. The van der Waals surface area contributed by atoms with Gasteiger partial charge in [-0.15, -0.1) is 11.3 Å². The van der Waals surface area contributed by atoms with E-state index in [1.807, 2.05) is 31.2 Å². The van der Waals surface area contributed by atoms with Crippen molar-refractivity contribution in [3.8, 4) is 16.9 Å². The number of ether oxygens (including phenoxy) is 2. The first-order valence-corrected chi connectivity index (χ1v) is 10.9. The van der Waals surface area contributed by atoms with Crippen LogP contribution >= 0.6 is 11.3 Å². The van der Waals surface area contributed by atoms with Gasteiger partial charge in [-0.05, 0) is 62.7 Å². The number of nitrogens with zero attached hydrogens (tertiary/aromatic N) is 2. The van der Waals surface area contributed by atoms with Crippen molar-refractivity contribution < 1.29 is 14.3 Å². The second-order valence-electron chi connectivity index (χ2n) is 6.82. The molecule has 0 spiro atoms. The third kappa shape index (κ3) is 4.36. The van der Waals surface area contributed by atoms with Crippen molar-refractivity contribution in [3.05, 3.63) is 65.3 Å². The minimum atomic E-state index is -0.329. The molecule has 0 fully saturated rings.